The smallest absolute Gasteiger partial charge is 0.0464 e. The van der Waals surface area contributed by atoms with Gasteiger partial charge in [-0.1, -0.05) is 109 Å². The van der Waals surface area contributed by atoms with E-state index in [0.29, 0.717) is 0 Å². The molecule has 0 aromatic heterocycles. The van der Waals surface area contributed by atoms with Gasteiger partial charge in [0.25, 0.3) is 0 Å². The summed E-state index contributed by atoms with van der Waals surface area (Å²) in [6.45, 7) is 0. The molecular weight excluding hydrogens is 460 g/mol. The van der Waals surface area contributed by atoms with Crippen molar-refractivity contribution in [3.05, 3.63) is 152 Å². The lowest BCUT2D eigenvalue weighted by molar-refractivity contribution is 1.52. The Bertz CT molecular complexity index is 1650. The van der Waals surface area contributed by atoms with Gasteiger partial charge in [0.2, 0.25) is 0 Å². The van der Waals surface area contributed by atoms with Gasteiger partial charge in [-0.2, -0.15) is 0 Å². The van der Waals surface area contributed by atoms with Crippen molar-refractivity contribution >= 4 is 17.1 Å². The van der Waals surface area contributed by atoms with Crippen molar-refractivity contribution in [1.29, 1.82) is 0 Å². The Morgan fingerprint density at radius 2 is 0.842 bits per heavy atom. The molecule has 0 unspecified atom stereocenters. The van der Waals surface area contributed by atoms with Crippen LogP contribution in [-0.4, -0.2) is 0 Å². The molecule has 6 rings (SSSR count). The molecule has 0 aliphatic carbocycles. The van der Waals surface area contributed by atoms with E-state index in [2.05, 4.69) is 133 Å². The van der Waals surface area contributed by atoms with Crippen molar-refractivity contribution in [1.82, 2.24) is 0 Å². The molecule has 38 heavy (non-hydrogen) atoms. The van der Waals surface area contributed by atoms with Gasteiger partial charge in [-0.15, -0.1) is 0 Å². The third-order valence-corrected chi connectivity index (χ3v) is 6.82. The van der Waals surface area contributed by atoms with Crippen molar-refractivity contribution < 1.29 is 0 Å². The molecule has 0 amide bonds. The lowest BCUT2D eigenvalue weighted by atomic mass is 9.97. The van der Waals surface area contributed by atoms with Crippen LogP contribution in [0, 0.1) is 0 Å². The van der Waals surface area contributed by atoms with Crippen LogP contribution in [0.25, 0.3) is 44.5 Å². The first-order valence-corrected chi connectivity index (χ1v) is 12.8. The molecular formula is C36H28N2. The zero-order chi connectivity index (χ0) is 25.7. The van der Waals surface area contributed by atoms with E-state index in [1.165, 1.54) is 27.8 Å². The molecule has 182 valence electrons. The topological polar surface area (TPSA) is 38.0 Å². The Hall–Kier alpha value is -5.08. The summed E-state index contributed by atoms with van der Waals surface area (Å²) in [6, 6.07) is 52.9. The van der Waals surface area contributed by atoms with Crippen LogP contribution in [0.3, 0.4) is 0 Å². The minimum atomic E-state index is 0.769. The minimum absolute atomic E-state index is 0.769. The van der Waals surface area contributed by atoms with Gasteiger partial charge in [0.15, 0.2) is 0 Å². The van der Waals surface area contributed by atoms with E-state index in [1.807, 2.05) is 24.3 Å². The molecule has 0 aliphatic rings. The Kier molecular flexibility index (Phi) is 6.44. The maximum Gasteiger partial charge on any atom is 0.0464 e. The first kappa shape index (κ1) is 23.3. The fourth-order valence-corrected chi connectivity index (χ4v) is 4.78. The fraction of sp³-hybridized carbons (Fsp3) is 0. The average molecular weight is 489 g/mol. The van der Waals surface area contributed by atoms with Gasteiger partial charge >= 0.3 is 0 Å². The van der Waals surface area contributed by atoms with Crippen molar-refractivity contribution in [2.75, 3.05) is 11.1 Å². The standard InChI is InChI=1S/C36H28N2/c37-33-19-14-27(15-20-33)32-18-23-36(35(25-32)29-10-5-2-6-11-29)38-34-21-16-28(17-22-34)31-13-7-12-30(24-31)26-8-3-1-4-9-26/h1-25,38H,37H2. The van der Waals surface area contributed by atoms with Crippen molar-refractivity contribution in [2.45, 2.75) is 0 Å². The predicted octanol–water partition coefficient (Wildman–Crippen LogP) is 9.68. The van der Waals surface area contributed by atoms with Gasteiger partial charge in [-0.3, -0.25) is 0 Å². The summed E-state index contributed by atoms with van der Waals surface area (Å²) in [5.74, 6) is 0. The summed E-state index contributed by atoms with van der Waals surface area (Å²) in [5.41, 5.74) is 18.2. The van der Waals surface area contributed by atoms with Gasteiger partial charge in [0.1, 0.15) is 0 Å². The molecule has 0 atom stereocenters. The number of nitrogen functional groups attached to an aromatic ring is 1. The second-order valence-corrected chi connectivity index (χ2v) is 9.40. The van der Waals surface area contributed by atoms with E-state index in [-0.39, 0.29) is 0 Å². The van der Waals surface area contributed by atoms with Gasteiger partial charge in [0, 0.05) is 22.6 Å². The van der Waals surface area contributed by atoms with E-state index in [4.69, 9.17) is 5.73 Å². The summed E-state index contributed by atoms with van der Waals surface area (Å²) >= 11 is 0. The molecule has 3 N–H and O–H groups in total. The first-order chi connectivity index (χ1) is 18.7. The lowest BCUT2D eigenvalue weighted by Gasteiger charge is -2.15. The SMILES string of the molecule is Nc1ccc(-c2ccc(Nc3ccc(-c4cccc(-c5ccccc5)c4)cc3)c(-c3ccccc3)c2)cc1. The first-order valence-electron chi connectivity index (χ1n) is 12.8. The summed E-state index contributed by atoms with van der Waals surface area (Å²) in [5, 5.41) is 3.65. The molecule has 0 saturated heterocycles. The van der Waals surface area contributed by atoms with Gasteiger partial charge in [-0.05, 0) is 81.4 Å². The van der Waals surface area contributed by atoms with Crippen LogP contribution >= 0.6 is 0 Å². The number of hydrogen-bond acceptors (Lipinski definition) is 2. The van der Waals surface area contributed by atoms with Crippen molar-refractivity contribution in [2.24, 2.45) is 0 Å². The quantitative estimate of drug-likeness (QED) is 0.229. The molecule has 6 aromatic rings. The number of benzene rings is 6. The number of nitrogens with one attached hydrogen (secondary N) is 1. The summed E-state index contributed by atoms with van der Waals surface area (Å²) in [7, 11) is 0. The van der Waals surface area contributed by atoms with Crippen LogP contribution in [0.5, 0.6) is 0 Å². The maximum atomic E-state index is 5.91. The monoisotopic (exact) mass is 488 g/mol. The van der Waals surface area contributed by atoms with Gasteiger partial charge in [-0.25, -0.2) is 0 Å². The van der Waals surface area contributed by atoms with Gasteiger partial charge < -0.3 is 11.1 Å². The summed E-state index contributed by atoms with van der Waals surface area (Å²) in [4.78, 5) is 0. The molecule has 0 heterocycles. The summed E-state index contributed by atoms with van der Waals surface area (Å²) in [6.07, 6.45) is 0. The third-order valence-electron chi connectivity index (χ3n) is 6.82. The van der Waals surface area contributed by atoms with Crippen LogP contribution in [0.2, 0.25) is 0 Å². The zero-order valence-electron chi connectivity index (χ0n) is 21.0. The highest BCUT2D eigenvalue weighted by molar-refractivity contribution is 5.86. The molecule has 2 nitrogen and oxygen atoms in total. The second-order valence-electron chi connectivity index (χ2n) is 9.40. The summed E-state index contributed by atoms with van der Waals surface area (Å²) < 4.78 is 0. The normalized spacial score (nSPS) is 10.7. The van der Waals surface area contributed by atoms with Crippen LogP contribution in [0.15, 0.2) is 152 Å². The average Bonchev–Trinajstić information content (AvgIpc) is 2.99. The van der Waals surface area contributed by atoms with Crippen molar-refractivity contribution in [3.8, 4) is 44.5 Å². The highest BCUT2D eigenvalue weighted by atomic mass is 14.9. The second kappa shape index (κ2) is 10.5. The Labute approximate surface area is 224 Å². The number of nitrogens with two attached hydrogens (primary N) is 1. The Morgan fingerprint density at radius 1 is 0.368 bits per heavy atom. The van der Waals surface area contributed by atoms with Crippen LogP contribution in [-0.2, 0) is 0 Å². The number of hydrogen-bond donors (Lipinski definition) is 2. The molecule has 0 radical (unpaired) electrons. The van der Waals surface area contributed by atoms with E-state index < -0.39 is 0 Å². The van der Waals surface area contributed by atoms with Crippen LogP contribution in [0.4, 0.5) is 17.1 Å². The molecule has 6 aromatic carbocycles. The molecule has 0 spiro atoms. The molecule has 0 fully saturated rings. The maximum absolute atomic E-state index is 5.91. The zero-order valence-corrected chi connectivity index (χ0v) is 21.0. The predicted molar refractivity (Wildman–Crippen MR) is 162 cm³/mol. The van der Waals surface area contributed by atoms with E-state index in [1.54, 1.807) is 0 Å². The molecule has 2 heteroatoms. The van der Waals surface area contributed by atoms with Crippen molar-refractivity contribution in [3.63, 3.8) is 0 Å². The van der Waals surface area contributed by atoms with E-state index >= 15 is 0 Å². The highest BCUT2D eigenvalue weighted by Crippen LogP contribution is 2.35. The molecule has 0 aliphatic heterocycles. The van der Waals surface area contributed by atoms with E-state index in [0.717, 1.165) is 33.8 Å². The van der Waals surface area contributed by atoms with Gasteiger partial charge in [0.05, 0.1) is 0 Å². The van der Waals surface area contributed by atoms with Crippen LogP contribution in [0.1, 0.15) is 0 Å². The fourth-order valence-electron chi connectivity index (χ4n) is 4.78. The highest BCUT2D eigenvalue weighted by Gasteiger charge is 2.09. The Morgan fingerprint density at radius 3 is 1.47 bits per heavy atom. The van der Waals surface area contributed by atoms with Crippen LogP contribution < -0.4 is 11.1 Å². The largest absolute Gasteiger partial charge is 0.399 e. The molecule has 0 bridgehead atoms. The number of anilines is 3. The van der Waals surface area contributed by atoms with E-state index in [9.17, 15) is 0 Å². The third kappa shape index (κ3) is 5.07. The minimum Gasteiger partial charge on any atom is -0.399 e. The Balaban J connectivity index is 1.30. The lowest BCUT2D eigenvalue weighted by Crippen LogP contribution is -1.94. The number of rotatable bonds is 6. The molecule has 0 saturated carbocycles.